The summed E-state index contributed by atoms with van der Waals surface area (Å²) in [5.41, 5.74) is 2.95. The van der Waals surface area contributed by atoms with E-state index in [1.807, 2.05) is 0 Å². The Morgan fingerprint density at radius 1 is 0.650 bits per heavy atom. The summed E-state index contributed by atoms with van der Waals surface area (Å²) in [4.78, 5) is 0. The van der Waals surface area contributed by atoms with Gasteiger partial charge in [0.1, 0.15) is 13.1 Å². The molecule has 3 heterocycles. The van der Waals surface area contributed by atoms with Crippen LogP contribution in [0.3, 0.4) is 0 Å². The van der Waals surface area contributed by atoms with Crippen LogP contribution >= 0.6 is 0 Å². The molecule has 0 saturated heterocycles. The molecular weight excluding hydrogens is 244 g/mol. The molecule has 20 heavy (non-hydrogen) atoms. The molecule has 0 atom stereocenters. The highest BCUT2D eigenvalue weighted by Crippen LogP contribution is 2.06. The molecule has 0 spiro atoms. The SMILES string of the molecule is c1cc2c[n+](c1)CCCCc1ccc[n+](c1)CCCC2. The molecule has 0 aliphatic carbocycles. The van der Waals surface area contributed by atoms with E-state index >= 15 is 0 Å². The molecular formula is C18H24N2+2. The lowest BCUT2D eigenvalue weighted by Gasteiger charge is -2.04. The predicted molar refractivity (Wildman–Crippen MR) is 79.2 cm³/mol. The fourth-order valence-electron chi connectivity index (χ4n) is 2.97. The molecule has 0 N–H and O–H groups in total. The van der Waals surface area contributed by atoms with Gasteiger partial charge in [0.2, 0.25) is 0 Å². The van der Waals surface area contributed by atoms with Crippen LogP contribution in [-0.2, 0) is 25.9 Å². The van der Waals surface area contributed by atoms with E-state index in [-0.39, 0.29) is 0 Å². The van der Waals surface area contributed by atoms with Gasteiger partial charge < -0.3 is 0 Å². The normalized spacial score (nSPS) is 16.4. The molecule has 2 heteroatoms. The van der Waals surface area contributed by atoms with Crippen LogP contribution < -0.4 is 9.13 Å². The van der Waals surface area contributed by atoms with Crippen molar-refractivity contribution in [1.82, 2.24) is 0 Å². The molecule has 0 amide bonds. The minimum absolute atomic E-state index is 1.14. The number of rotatable bonds is 0. The zero-order chi connectivity index (χ0) is 13.6. The molecule has 1 aliphatic heterocycles. The van der Waals surface area contributed by atoms with E-state index in [2.05, 4.69) is 58.2 Å². The van der Waals surface area contributed by atoms with Crippen molar-refractivity contribution < 1.29 is 9.13 Å². The van der Waals surface area contributed by atoms with E-state index in [1.54, 1.807) is 0 Å². The number of aryl methyl sites for hydroxylation is 4. The van der Waals surface area contributed by atoms with Crippen LogP contribution in [0.5, 0.6) is 0 Å². The van der Waals surface area contributed by atoms with E-state index in [0.29, 0.717) is 0 Å². The third kappa shape index (κ3) is 3.66. The Morgan fingerprint density at radius 2 is 1.15 bits per heavy atom. The summed E-state index contributed by atoms with van der Waals surface area (Å²) in [7, 11) is 0. The topological polar surface area (TPSA) is 7.76 Å². The molecule has 4 bridgehead atoms. The van der Waals surface area contributed by atoms with Crippen molar-refractivity contribution in [3.8, 4) is 0 Å². The standard InChI is InChI=1S/C18H24N2/c1-3-11-19-13-6-10-18(16-19)8-2-4-12-20-14-5-9-17(7-1)15-20/h5-6,9-10,13-16H,1-4,7-8,11-12H2/q+2. The summed E-state index contributed by atoms with van der Waals surface area (Å²) in [6.45, 7) is 2.28. The molecule has 0 saturated carbocycles. The predicted octanol–water partition coefficient (Wildman–Crippen LogP) is 2.62. The Kier molecular flexibility index (Phi) is 4.42. The van der Waals surface area contributed by atoms with Crippen molar-refractivity contribution in [2.45, 2.75) is 51.6 Å². The highest BCUT2D eigenvalue weighted by atomic mass is 14.9. The number of hydrogen-bond acceptors (Lipinski definition) is 0. The second-order valence-electron chi connectivity index (χ2n) is 5.81. The third-order valence-electron chi connectivity index (χ3n) is 4.10. The minimum Gasteiger partial charge on any atom is -0.205 e. The highest BCUT2D eigenvalue weighted by molar-refractivity contribution is 5.06. The van der Waals surface area contributed by atoms with E-state index < -0.39 is 0 Å². The van der Waals surface area contributed by atoms with Crippen LogP contribution in [-0.4, -0.2) is 0 Å². The lowest BCUT2D eigenvalue weighted by molar-refractivity contribution is -0.699. The first-order valence-electron chi connectivity index (χ1n) is 7.86. The van der Waals surface area contributed by atoms with Gasteiger partial charge in [-0.2, -0.15) is 0 Å². The van der Waals surface area contributed by atoms with Crippen LogP contribution in [0.25, 0.3) is 0 Å². The Hall–Kier alpha value is -1.70. The number of nitrogens with zero attached hydrogens (tertiary/aromatic N) is 2. The maximum absolute atomic E-state index is 2.35. The first kappa shape index (κ1) is 13.3. The van der Waals surface area contributed by atoms with Crippen molar-refractivity contribution in [2.75, 3.05) is 0 Å². The average Bonchev–Trinajstić information content (AvgIpc) is 2.48. The Labute approximate surface area is 121 Å². The van der Waals surface area contributed by atoms with Crippen molar-refractivity contribution in [3.63, 3.8) is 0 Å². The van der Waals surface area contributed by atoms with Gasteiger partial charge in [-0.15, -0.1) is 0 Å². The summed E-state index contributed by atoms with van der Waals surface area (Å²) in [6, 6.07) is 8.91. The Morgan fingerprint density at radius 3 is 1.65 bits per heavy atom. The average molecular weight is 268 g/mol. The van der Waals surface area contributed by atoms with E-state index in [0.717, 1.165) is 13.1 Å². The summed E-state index contributed by atoms with van der Waals surface area (Å²) >= 11 is 0. The lowest BCUT2D eigenvalue weighted by atomic mass is 10.1. The maximum Gasteiger partial charge on any atom is 0.171 e. The van der Waals surface area contributed by atoms with Crippen LogP contribution in [0.15, 0.2) is 49.1 Å². The van der Waals surface area contributed by atoms with Crippen LogP contribution in [0, 0.1) is 0 Å². The van der Waals surface area contributed by atoms with E-state index in [9.17, 15) is 0 Å². The molecule has 0 aromatic carbocycles. The molecule has 0 unspecified atom stereocenters. The summed E-state index contributed by atoms with van der Waals surface area (Å²) in [6.07, 6.45) is 16.5. The molecule has 3 rings (SSSR count). The van der Waals surface area contributed by atoms with Crippen LogP contribution in [0.1, 0.15) is 36.8 Å². The first-order chi connectivity index (χ1) is 9.90. The number of pyridine rings is 2. The van der Waals surface area contributed by atoms with Crippen LogP contribution in [0.2, 0.25) is 0 Å². The van der Waals surface area contributed by atoms with Gasteiger partial charge in [0.05, 0.1) is 0 Å². The molecule has 2 aromatic heterocycles. The van der Waals surface area contributed by atoms with Gasteiger partial charge >= 0.3 is 0 Å². The van der Waals surface area contributed by atoms with E-state index in [1.165, 1.54) is 49.7 Å². The zero-order valence-corrected chi connectivity index (χ0v) is 12.2. The maximum atomic E-state index is 2.35. The van der Waals surface area contributed by atoms with Crippen molar-refractivity contribution in [3.05, 3.63) is 60.2 Å². The Bertz CT molecular complexity index is 469. The van der Waals surface area contributed by atoms with Gasteiger partial charge in [-0.1, -0.05) is 0 Å². The second kappa shape index (κ2) is 6.65. The minimum atomic E-state index is 1.14. The fraction of sp³-hybridized carbons (Fsp3) is 0.444. The van der Waals surface area contributed by atoms with Gasteiger partial charge in [-0.05, 0) is 37.8 Å². The summed E-state index contributed by atoms with van der Waals surface area (Å²) in [5, 5.41) is 0. The number of aromatic nitrogens is 2. The molecule has 2 nitrogen and oxygen atoms in total. The largest absolute Gasteiger partial charge is 0.205 e. The number of hydrogen-bond donors (Lipinski definition) is 0. The lowest BCUT2D eigenvalue weighted by Crippen LogP contribution is -2.34. The van der Waals surface area contributed by atoms with Gasteiger partial charge in [-0.3, -0.25) is 0 Å². The van der Waals surface area contributed by atoms with Crippen molar-refractivity contribution in [2.24, 2.45) is 0 Å². The van der Waals surface area contributed by atoms with Gasteiger partial charge in [0.25, 0.3) is 0 Å². The van der Waals surface area contributed by atoms with Crippen molar-refractivity contribution in [1.29, 1.82) is 0 Å². The first-order valence-corrected chi connectivity index (χ1v) is 7.86. The third-order valence-corrected chi connectivity index (χ3v) is 4.10. The van der Waals surface area contributed by atoms with E-state index in [4.69, 9.17) is 0 Å². The molecule has 0 fully saturated rings. The summed E-state index contributed by atoms with van der Waals surface area (Å²) in [5.74, 6) is 0. The van der Waals surface area contributed by atoms with Gasteiger partial charge in [-0.25, -0.2) is 9.13 Å². The Balaban J connectivity index is 1.73. The molecule has 2 aromatic rings. The zero-order valence-electron chi connectivity index (χ0n) is 12.2. The molecule has 104 valence electrons. The van der Waals surface area contributed by atoms with Gasteiger partial charge in [0.15, 0.2) is 24.8 Å². The monoisotopic (exact) mass is 268 g/mol. The smallest absolute Gasteiger partial charge is 0.171 e. The van der Waals surface area contributed by atoms with Gasteiger partial charge in [0, 0.05) is 36.1 Å². The van der Waals surface area contributed by atoms with Crippen LogP contribution in [0.4, 0.5) is 0 Å². The molecule has 1 aliphatic rings. The van der Waals surface area contributed by atoms with Crippen molar-refractivity contribution >= 4 is 0 Å². The highest BCUT2D eigenvalue weighted by Gasteiger charge is 2.07. The molecule has 0 radical (unpaired) electrons. The fourth-order valence-corrected chi connectivity index (χ4v) is 2.97. The quantitative estimate of drug-likeness (QED) is 0.649. The second-order valence-corrected chi connectivity index (χ2v) is 5.81. The summed E-state index contributed by atoms with van der Waals surface area (Å²) < 4.78 is 4.71. The number of fused-ring (bicyclic) bond motifs is 4.